The molecule has 1 N–H and O–H groups in total. The fourth-order valence-electron chi connectivity index (χ4n) is 4.63. The first kappa shape index (κ1) is 21.5. The van der Waals surface area contributed by atoms with Gasteiger partial charge >= 0.3 is 0 Å². The van der Waals surface area contributed by atoms with Crippen LogP contribution in [0.4, 0.5) is 0 Å². The summed E-state index contributed by atoms with van der Waals surface area (Å²) in [4.78, 5) is 39.1. The van der Waals surface area contributed by atoms with Gasteiger partial charge in [-0.3, -0.25) is 19.3 Å². The average Bonchev–Trinajstić information content (AvgIpc) is 2.95. The van der Waals surface area contributed by atoms with Crippen LogP contribution in [-0.4, -0.2) is 29.2 Å². The second-order valence-electron chi connectivity index (χ2n) is 9.19. The van der Waals surface area contributed by atoms with E-state index in [1.165, 1.54) is 10.5 Å². The maximum absolute atomic E-state index is 12.6. The fourth-order valence-corrected chi connectivity index (χ4v) is 4.63. The van der Waals surface area contributed by atoms with Gasteiger partial charge in [-0.25, -0.2) is 0 Å². The smallest absolute Gasteiger partial charge is 0.233 e. The number of amides is 3. The third kappa shape index (κ3) is 4.71. The number of nitrogens with one attached hydrogen (secondary N) is 1. The molecule has 1 heterocycles. The zero-order valence-corrected chi connectivity index (χ0v) is 18.1. The van der Waals surface area contributed by atoms with Crippen molar-refractivity contribution < 1.29 is 14.4 Å². The predicted octanol–water partition coefficient (Wildman–Crippen LogP) is 4.19. The average molecular weight is 399 g/mol. The van der Waals surface area contributed by atoms with E-state index in [0.717, 1.165) is 31.2 Å². The number of rotatable bonds is 7. The summed E-state index contributed by atoms with van der Waals surface area (Å²) in [5.41, 5.74) is 2.35. The summed E-state index contributed by atoms with van der Waals surface area (Å²) in [6, 6.07) is 8.31. The van der Waals surface area contributed by atoms with Crippen LogP contribution in [0.15, 0.2) is 24.3 Å². The summed E-state index contributed by atoms with van der Waals surface area (Å²) < 4.78 is 0. The molecule has 1 saturated heterocycles. The lowest BCUT2D eigenvalue weighted by Crippen LogP contribution is -2.37. The SMILES string of the molecule is CC(C)c1ccc([C@@H](NC(=O)CCN2C(=O)[C@H]3CCCC[C@@H]3C2=O)C(C)C)cc1. The van der Waals surface area contributed by atoms with Crippen LogP contribution in [0, 0.1) is 17.8 Å². The minimum absolute atomic E-state index is 0.0721. The summed E-state index contributed by atoms with van der Waals surface area (Å²) in [7, 11) is 0. The van der Waals surface area contributed by atoms with Crippen molar-refractivity contribution in [3.8, 4) is 0 Å². The molecule has 0 spiro atoms. The number of nitrogens with zero attached hydrogens (tertiary/aromatic N) is 1. The Labute approximate surface area is 174 Å². The number of benzene rings is 1. The van der Waals surface area contributed by atoms with Crippen LogP contribution in [0.3, 0.4) is 0 Å². The Morgan fingerprint density at radius 2 is 1.48 bits per heavy atom. The summed E-state index contributed by atoms with van der Waals surface area (Å²) in [6.45, 7) is 8.67. The van der Waals surface area contributed by atoms with E-state index in [-0.39, 0.29) is 54.5 Å². The normalized spacial score (nSPS) is 22.9. The first-order chi connectivity index (χ1) is 13.8. The molecule has 1 aliphatic carbocycles. The summed E-state index contributed by atoms with van der Waals surface area (Å²) in [5, 5.41) is 3.11. The first-order valence-electron chi connectivity index (χ1n) is 11.0. The molecular weight excluding hydrogens is 364 g/mol. The number of likely N-dealkylation sites (tertiary alicyclic amines) is 1. The number of imide groups is 1. The van der Waals surface area contributed by atoms with Gasteiger partial charge in [0.15, 0.2) is 0 Å². The highest BCUT2D eigenvalue weighted by atomic mass is 16.2. The maximum atomic E-state index is 12.6. The van der Waals surface area contributed by atoms with Crippen LogP contribution in [0.2, 0.25) is 0 Å². The molecule has 2 fully saturated rings. The van der Waals surface area contributed by atoms with Crippen molar-refractivity contribution in [2.45, 2.75) is 71.8 Å². The van der Waals surface area contributed by atoms with E-state index in [1.54, 1.807) is 0 Å². The monoisotopic (exact) mass is 398 g/mol. The van der Waals surface area contributed by atoms with E-state index in [9.17, 15) is 14.4 Å². The second kappa shape index (κ2) is 9.10. The van der Waals surface area contributed by atoms with Crippen molar-refractivity contribution in [3.05, 3.63) is 35.4 Å². The van der Waals surface area contributed by atoms with Gasteiger partial charge in [0.2, 0.25) is 17.7 Å². The quantitative estimate of drug-likeness (QED) is 0.701. The molecule has 1 aliphatic heterocycles. The van der Waals surface area contributed by atoms with Crippen molar-refractivity contribution in [3.63, 3.8) is 0 Å². The van der Waals surface area contributed by atoms with Gasteiger partial charge in [0, 0.05) is 13.0 Å². The molecule has 0 bridgehead atoms. The summed E-state index contributed by atoms with van der Waals surface area (Å²) in [6.07, 6.45) is 3.80. The van der Waals surface area contributed by atoms with E-state index >= 15 is 0 Å². The zero-order valence-electron chi connectivity index (χ0n) is 18.1. The first-order valence-corrected chi connectivity index (χ1v) is 11.0. The predicted molar refractivity (Wildman–Crippen MR) is 113 cm³/mol. The molecule has 1 aromatic rings. The molecule has 0 radical (unpaired) electrons. The number of carbonyl (C=O) groups is 3. The zero-order chi connectivity index (χ0) is 21.1. The Morgan fingerprint density at radius 3 is 1.97 bits per heavy atom. The van der Waals surface area contributed by atoms with Gasteiger partial charge in [0.25, 0.3) is 0 Å². The Balaban J connectivity index is 1.59. The molecule has 2 aliphatic rings. The minimum Gasteiger partial charge on any atom is -0.349 e. The van der Waals surface area contributed by atoms with Gasteiger partial charge in [0.1, 0.15) is 0 Å². The van der Waals surface area contributed by atoms with Crippen molar-refractivity contribution >= 4 is 17.7 Å². The highest BCUT2D eigenvalue weighted by Gasteiger charge is 2.47. The molecule has 0 aromatic heterocycles. The third-order valence-electron chi connectivity index (χ3n) is 6.44. The standard InChI is InChI=1S/C24H34N2O3/c1-15(2)17-9-11-18(12-10-17)22(16(3)4)25-21(27)13-14-26-23(28)19-7-5-6-8-20(19)24(26)29/h9-12,15-16,19-20,22H,5-8,13-14H2,1-4H3,(H,25,27)/t19-,20-,22-/m0/s1. The molecule has 0 unspecified atom stereocenters. The van der Waals surface area contributed by atoms with Crippen molar-refractivity contribution in [2.75, 3.05) is 6.54 Å². The van der Waals surface area contributed by atoms with Gasteiger partial charge in [0.05, 0.1) is 17.9 Å². The van der Waals surface area contributed by atoms with Crippen LogP contribution in [0.5, 0.6) is 0 Å². The van der Waals surface area contributed by atoms with E-state index in [2.05, 4.69) is 57.3 Å². The number of fused-ring (bicyclic) bond motifs is 1. The van der Waals surface area contributed by atoms with E-state index in [1.807, 2.05) is 0 Å². The lowest BCUT2D eigenvalue weighted by molar-refractivity contribution is -0.140. The van der Waals surface area contributed by atoms with Gasteiger partial charge in [-0.05, 0) is 35.8 Å². The van der Waals surface area contributed by atoms with Crippen molar-refractivity contribution in [2.24, 2.45) is 17.8 Å². The third-order valence-corrected chi connectivity index (χ3v) is 6.44. The molecule has 1 aromatic carbocycles. The molecule has 5 nitrogen and oxygen atoms in total. The molecule has 1 saturated carbocycles. The number of hydrogen-bond acceptors (Lipinski definition) is 3. The molecule has 5 heteroatoms. The molecule has 3 rings (SSSR count). The summed E-state index contributed by atoms with van der Waals surface area (Å²) in [5.74, 6) is 0.142. The highest BCUT2D eigenvalue weighted by Crippen LogP contribution is 2.38. The van der Waals surface area contributed by atoms with E-state index in [0.29, 0.717) is 5.92 Å². The van der Waals surface area contributed by atoms with Gasteiger partial charge in [-0.2, -0.15) is 0 Å². The largest absolute Gasteiger partial charge is 0.349 e. The minimum atomic E-state index is -0.151. The second-order valence-corrected chi connectivity index (χ2v) is 9.19. The van der Waals surface area contributed by atoms with Crippen LogP contribution >= 0.6 is 0 Å². The number of hydrogen-bond donors (Lipinski definition) is 1. The topological polar surface area (TPSA) is 66.5 Å². The Morgan fingerprint density at radius 1 is 0.966 bits per heavy atom. The molecule has 3 atom stereocenters. The van der Waals surface area contributed by atoms with Gasteiger partial charge in [-0.1, -0.05) is 64.8 Å². The van der Waals surface area contributed by atoms with Crippen molar-refractivity contribution in [1.82, 2.24) is 10.2 Å². The lowest BCUT2D eigenvalue weighted by Gasteiger charge is -2.24. The maximum Gasteiger partial charge on any atom is 0.233 e. The Hall–Kier alpha value is -2.17. The molecular formula is C24H34N2O3. The Bertz CT molecular complexity index is 730. The fraction of sp³-hybridized carbons (Fsp3) is 0.625. The van der Waals surface area contributed by atoms with Gasteiger partial charge in [-0.15, -0.1) is 0 Å². The van der Waals surface area contributed by atoms with Crippen LogP contribution in [-0.2, 0) is 14.4 Å². The molecule has 29 heavy (non-hydrogen) atoms. The Kier molecular flexibility index (Phi) is 6.76. The van der Waals surface area contributed by atoms with Gasteiger partial charge < -0.3 is 5.32 Å². The van der Waals surface area contributed by atoms with Crippen LogP contribution in [0.25, 0.3) is 0 Å². The molecule has 158 valence electrons. The highest BCUT2D eigenvalue weighted by molar-refractivity contribution is 6.05. The molecule has 3 amide bonds. The van der Waals surface area contributed by atoms with Crippen molar-refractivity contribution in [1.29, 1.82) is 0 Å². The van der Waals surface area contributed by atoms with E-state index < -0.39 is 0 Å². The lowest BCUT2D eigenvalue weighted by atomic mass is 9.81. The van der Waals surface area contributed by atoms with Crippen LogP contribution in [0.1, 0.15) is 82.9 Å². The van der Waals surface area contributed by atoms with Crippen LogP contribution < -0.4 is 5.32 Å². The number of carbonyl (C=O) groups excluding carboxylic acids is 3. The summed E-state index contributed by atoms with van der Waals surface area (Å²) >= 11 is 0. The van der Waals surface area contributed by atoms with E-state index in [4.69, 9.17) is 0 Å².